The van der Waals surface area contributed by atoms with Gasteiger partial charge in [0.1, 0.15) is 0 Å². The predicted octanol–water partition coefficient (Wildman–Crippen LogP) is 4.64. The van der Waals surface area contributed by atoms with Crippen LogP contribution in [-0.2, 0) is 10.4 Å². The number of hydrogen-bond donors (Lipinski definition) is 0. The first kappa shape index (κ1) is 14.7. The predicted molar refractivity (Wildman–Crippen MR) is 91.6 cm³/mol. The van der Waals surface area contributed by atoms with Crippen molar-refractivity contribution in [3.63, 3.8) is 0 Å². The van der Waals surface area contributed by atoms with Crippen molar-refractivity contribution >= 4 is 5.69 Å². The lowest BCUT2D eigenvalue weighted by Crippen LogP contribution is -2.36. The average molecular weight is 311 g/mol. The van der Waals surface area contributed by atoms with Gasteiger partial charge in [-0.25, -0.2) is 4.39 Å². The largest absolute Gasteiger partial charge is 0.354 e. The molecule has 0 bridgehead atoms. The zero-order chi connectivity index (χ0) is 16.4. The second-order valence-corrected chi connectivity index (χ2v) is 6.95. The summed E-state index contributed by atoms with van der Waals surface area (Å²) in [4.78, 5) is 1.93. The number of rotatable bonds is 1. The van der Waals surface area contributed by atoms with Crippen LogP contribution in [0.2, 0.25) is 0 Å². The standard InChI is InChI=1S/C20H22FNO/c1-12-9-13(2)18(14(3)10-12)15-5-6-17-16(11-15)20(21)7-8-23-19(20)22(17)4/h5-6,9-11,19H,7-8H2,1-4H3/t19-,20+/m1/s1. The Balaban J connectivity index is 1.89. The first-order valence-electron chi connectivity index (χ1n) is 8.18. The summed E-state index contributed by atoms with van der Waals surface area (Å²) in [6.07, 6.45) is -0.0439. The Morgan fingerprint density at radius 3 is 2.52 bits per heavy atom. The Bertz CT molecular complexity index is 777. The van der Waals surface area contributed by atoms with Crippen molar-refractivity contribution in [2.75, 3.05) is 18.6 Å². The smallest absolute Gasteiger partial charge is 0.184 e. The summed E-state index contributed by atoms with van der Waals surface area (Å²) in [7, 11) is 1.91. The summed E-state index contributed by atoms with van der Waals surface area (Å²) in [5.41, 5.74) is 6.39. The molecule has 0 spiro atoms. The summed E-state index contributed by atoms with van der Waals surface area (Å²) in [6.45, 7) is 6.85. The highest BCUT2D eigenvalue weighted by Gasteiger charge is 2.55. The van der Waals surface area contributed by atoms with E-state index in [1.165, 1.54) is 22.3 Å². The number of benzene rings is 2. The number of nitrogens with zero attached hydrogens (tertiary/aromatic N) is 1. The Kier molecular flexibility index (Phi) is 3.08. The van der Waals surface area contributed by atoms with Crippen LogP contribution in [0.3, 0.4) is 0 Å². The van der Waals surface area contributed by atoms with Crippen molar-refractivity contribution in [1.29, 1.82) is 0 Å². The second-order valence-electron chi connectivity index (χ2n) is 6.95. The van der Waals surface area contributed by atoms with Crippen LogP contribution in [0.4, 0.5) is 10.1 Å². The number of aryl methyl sites for hydroxylation is 3. The lowest BCUT2D eigenvalue weighted by atomic mass is 9.89. The van der Waals surface area contributed by atoms with Crippen molar-refractivity contribution in [2.45, 2.75) is 39.1 Å². The van der Waals surface area contributed by atoms with Crippen molar-refractivity contribution in [2.24, 2.45) is 0 Å². The van der Waals surface area contributed by atoms with Crippen LogP contribution in [0, 0.1) is 20.8 Å². The molecule has 0 aromatic heterocycles. The van der Waals surface area contributed by atoms with E-state index in [2.05, 4.69) is 39.0 Å². The quantitative estimate of drug-likeness (QED) is 0.761. The number of likely N-dealkylation sites (N-methyl/N-ethyl adjacent to an activating group) is 1. The lowest BCUT2D eigenvalue weighted by molar-refractivity contribution is 0.0341. The molecule has 1 saturated heterocycles. The van der Waals surface area contributed by atoms with E-state index in [0.717, 1.165) is 16.8 Å². The topological polar surface area (TPSA) is 12.5 Å². The van der Waals surface area contributed by atoms with Crippen molar-refractivity contribution in [3.8, 4) is 11.1 Å². The van der Waals surface area contributed by atoms with E-state index in [4.69, 9.17) is 4.74 Å². The Morgan fingerprint density at radius 2 is 1.83 bits per heavy atom. The van der Waals surface area contributed by atoms with E-state index in [-0.39, 0.29) is 0 Å². The molecular formula is C20H22FNO. The Labute approximate surface area is 136 Å². The van der Waals surface area contributed by atoms with E-state index in [9.17, 15) is 0 Å². The highest BCUT2D eigenvalue weighted by atomic mass is 19.1. The second kappa shape index (κ2) is 4.81. The molecule has 2 aliphatic rings. The van der Waals surface area contributed by atoms with Gasteiger partial charge in [-0.3, -0.25) is 0 Å². The number of fused-ring (bicyclic) bond motifs is 3. The molecule has 2 aromatic rings. The fourth-order valence-electron chi connectivity index (χ4n) is 4.35. The molecule has 23 heavy (non-hydrogen) atoms. The Hall–Kier alpha value is -1.87. The molecule has 1 fully saturated rings. The minimum atomic E-state index is -1.38. The molecular weight excluding hydrogens is 289 g/mol. The molecule has 3 heteroatoms. The molecule has 2 nitrogen and oxygen atoms in total. The number of ether oxygens (including phenoxy) is 1. The molecule has 4 rings (SSSR count). The molecule has 0 aliphatic carbocycles. The van der Waals surface area contributed by atoms with Gasteiger partial charge in [-0.2, -0.15) is 0 Å². The fourth-order valence-corrected chi connectivity index (χ4v) is 4.35. The maximum atomic E-state index is 15.5. The summed E-state index contributed by atoms with van der Waals surface area (Å²) < 4.78 is 21.2. The van der Waals surface area contributed by atoms with E-state index < -0.39 is 11.9 Å². The molecule has 2 aromatic carbocycles. The first-order chi connectivity index (χ1) is 10.9. The van der Waals surface area contributed by atoms with Crippen LogP contribution in [-0.4, -0.2) is 19.9 Å². The van der Waals surface area contributed by atoms with E-state index in [1.807, 2.05) is 24.1 Å². The maximum Gasteiger partial charge on any atom is 0.184 e. The summed E-state index contributed by atoms with van der Waals surface area (Å²) in [5, 5.41) is 0. The monoisotopic (exact) mass is 311 g/mol. The van der Waals surface area contributed by atoms with Crippen LogP contribution >= 0.6 is 0 Å². The summed E-state index contributed by atoms with van der Waals surface area (Å²) >= 11 is 0. The average Bonchev–Trinajstić information content (AvgIpc) is 2.96. The SMILES string of the molecule is Cc1cc(C)c(-c2ccc3c(c2)[C@@]2(F)CCO[C@H]2N3C)c(C)c1. The fraction of sp³-hybridized carbons (Fsp3) is 0.400. The molecule has 2 atom stereocenters. The van der Waals surface area contributed by atoms with Gasteiger partial charge in [-0.1, -0.05) is 23.8 Å². The molecule has 0 saturated carbocycles. The van der Waals surface area contributed by atoms with Crippen molar-refractivity contribution in [1.82, 2.24) is 0 Å². The highest BCUT2D eigenvalue weighted by molar-refractivity contribution is 5.76. The van der Waals surface area contributed by atoms with Gasteiger partial charge in [-0.15, -0.1) is 0 Å². The third-order valence-corrected chi connectivity index (χ3v) is 5.27. The van der Waals surface area contributed by atoms with Crippen LogP contribution in [0.15, 0.2) is 30.3 Å². The zero-order valence-corrected chi connectivity index (χ0v) is 14.1. The molecule has 0 radical (unpaired) electrons. The van der Waals surface area contributed by atoms with E-state index >= 15 is 4.39 Å². The summed E-state index contributed by atoms with van der Waals surface area (Å²) in [5.74, 6) is 0. The van der Waals surface area contributed by atoms with Gasteiger partial charge < -0.3 is 9.64 Å². The van der Waals surface area contributed by atoms with Gasteiger partial charge in [0.05, 0.1) is 6.61 Å². The van der Waals surface area contributed by atoms with Gasteiger partial charge in [0, 0.05) is 24.7 Å². The minimum absolute atomic E-state index is 0.435. The van der Waals surface area contributed by atoms with Gasteiger partial charge in [0.25, 0.3) is 0 Å². The molecule has 2 aliphatic heterocycles. The van der Waals surface area contributed by atoms with Crippen LogP contribution in [0.25, 0.3) is 11.1 Å². The van der Waals surface area contributed by atoms with Gasteiger partial charge in [0.15, 0.2) is 11.9 Å². The molecule has 0 amide bonds. The molecule has 2 heterocycles. The van der Waals surface area contributed by atoms with E-state index in [0.29, 0.717) is 13.0 Å². The lowest BCUT2D eigenvalue weighted by Gasteiger charge is -2.23. The van der Waals surface area contributed by atoms with Gasteiger partial charge in [-0.05, 0) is 55.2 Å². The highest BCUT2D eigenvalue weighted by Crippen LogP contribution is 2.52. The number of alkyl halides is 1. The number of hydrogen-bond acceptors (Lipinski definition) is 2. The third kappa shape index (κ3) is 1.96. The number of anilines is 1. The molecule has 0 unspecified atom stereocenters. The van der Waals surface area contributed by atoms with Gasteiger partial charge >= 0.3 is 0 Å². The Morgan fingerprint density at radius 1 is 1.13 bits per heavy atom. The normalized spacial score (nSPS) is 25.6. The zero-order valence-electron chi connectivity index (χ0n) is 14.1. The van der Waals surface area contributed by atoms with Crippen LogP contribution in [0.1, 0.15) is 28.7 Å². The first-order valence-corrected chi connectivity index (χ1v) is 8.18. The van der Waals surface area contributed by atoms with Crippen LogP contribution in [0.5, 0.6) is 0 Å². The van der Waals surface area contributed by atoms with E-state index in [1.54, 1.807) is 0 Å². The van der Waals surface area contributed by atoms with Crippen LogP contribution < -0.4 is 4.90 Å². The number of halogens is 1. The third-order valence-electron chi connectivity index (χ3n) is 5.27. The van der Waals surface area contributed by atoms with Crippen molar-refractivity contribution in [3.05, 3.63) is 52.6 Å². The van der Waals surface area contributed by atoms with Crippen molar-refractivity contribution < 1.29 is 9.13 Å². The summed E-state index contributed by atoms with van der Waals surface area (Å²) in [6, 6.07) is 10.5. The maximum absolute atomic E-state index is 15.5. The molecule has 120 valence electrons. The minimum Gasteiger partial charge on any atom is -0.354 e. The molecule has 0 N–H and O–H groups in total. The van der Waals surface area contributed by atoms with Gasteiger partial charge in [0.2, 0.25) is 0 Å².